The van der Waals surface area contributed by atoms with Gasteiger partial charge in [-0.25, -0.2) is 9.59 Å². The quantitative estimate of drug-likeness (QED) is 0.479. The molecular weight excluding hydrogens is 356 g/mol. The minimum atomic E-state index is -1.04. The molecule has 0 aliphatic carbocycles. The summed E-state index contributed by atoms with van der Waals surface area (Å²) in [6.45, 7) is 1.23. The van der Waals surface area contributed by atoms with Crippen molar-refractivity contribution in [2.24, 2.45) is 5.92 Å². The molecule has 2 amide bonds. The van der Waals surface area contributed by atoms with Crippen LogP contribution in [0.1, 0.15) is 18.9 Å². The van der Waals surface area contributed by atoms with E-state index >= 15 is 0 Å². The van der Waals surface area contributed by atoms with Gasteiger partial charge in [-0.15, -0.1) is 0 Å². The molecule has 1 rings (SSSR count). The van der Waals surface area contributed by atoms with E-state index in [1.54, 1.807) is 19.1 Å². The number of hydrogen-bond acceptors (Lipinski definition) is 7. The molecule has 0 spiro atoms. The van der Waals surface area contributed by atoms with Crippen molar-refractivity contribution < 1.29 is 33.4 Å². The van der Waals surface area contributed by atoms with Crippen LogP contribution in [-0.4, -0.2) is 50.7 Å². The molecule has 0 fully saturated rings. The molecule has 148 valence electrons. The van der Waals surface area contributed by atoms with Gasteiger partial charge in [0.1, 0.15) is 19.2 Å². The highest BCUT2D eigenvalue weighted by atomic mass is 16.5. The Bertz CT molecular complexity index is 648. The standard InChI is InChI=1S/C18H24N2O7/c1-12(16(22)25-2)9-14(17(23)26-3)20-15(21)10-19-18(24)27-11-13-7-5-4-6-8-13/h4-8,12,14H,9-11H2,1-3H3,(H,19,24)(H,20,21)/t12-,14+/m0/s1. The fourth-order valence-electron chi connectivity index (χ4n) is 2.18. The molecule has 2 N–H and O–H groups in total. The van der Waals surface area contributed by atoms with Crippen molar-refractivity contribution in [3.63, 3.8) is 0 Å². The van der Waals surface area contributed by atoms with E-state index in [2.05, 4.69) is 20.1 Å². The summed E-state index contributed by atoms with van der Waals surface area (Å²) >= 11 is 0. The molecule has 1 aromatic rings. The predicted octanol–water partition coefficient (Wildman–Crippen LogP) is 0.770. The van der Waals surface area contributed by atoms with Crippen molar-refractivity contribution in [3.8, 4) is 0 Å². The van der Waals surface area contributed by atoms with Crippen LogP contribution in [0.5, 0.6) is 0 Å². The van der Waals surface area contributed by atoms with Crippen molar-refractivity contribution in [3.05, 3.63) is 35.9 Å². The Hall–Kier alpha value is -3.10. The lowest BCUT2D eigenvalue weighted by atomic mass is 10.0. The van der Waals surface area contributed by atoms with E-state index in [-0.39, 0.29) is 13.0 Å². The molecule has 27 heavy (non-hydrogen) atoms. The Morgan fingerprint density at radius 2 is 1.63 bits per heavy atom. The summed E-state index contributed by atoms with van der Waals surface area (Å²) in [6, 6.07) is 8.01. The third-order valence-electron chi connectivity index (χ3n) is 3.62. The number of rotatable bonds is 9. The molecule has 0 aliphatic heterocycles. The Balaban J connectivity index is 2.45. The van der Waals surface area contributed by atoms with Gasteiger partial charge in [0.25, 0.3) is 0 Å². The zero-order valence-corrected chi connectivity index (χ0v) is 15.5. The van der Waals surface area contributed by atoms with E-state index in [9.17, 15) is 19.2 Å². The summed E-state index contributed by atoms with van der Waals surface area (Å²) < 4.78 is 14.2. The van der Waals surface area contributed by atoms with Crippen molar-refractivity contribution in [1.29, 1.82) is 0 Å². The molecule has 0 radical (unpaired) electrons. The van der Waals surface area contributed by atoms with E-state index < -0.39 is 42.4 Å². The second-order valence-corrected chi connectivity index (χ2v) is 5.72. The van der Waals surface area contributed by atoms with Crippen LogP contribution in [0.4, 0.5) is 4.79 Å². The molecule has 0 heterocycles. The van der Waals surface area contributed by atoms with Gasteiger partial charge in [0.05, 0.1) is 20.1 Å². The first-order valence-corrected chi connectivity index (χ1v) is 8.27. The monoisotopic (exact) mass is 380 g/mol. The average Bonchev–Trinajstić information content (AvgIpc) is 2.69. The second-order valence-electron chi connectivity index (χ2n) is 5.72. The van der Waals surface area contributed by atoms with Crippen LogP contribution in [0, 0.1) is 5.92 Å². The fraction of sp³-hybridized carbons (Fsp3) is 0.444. The lowest BCUT2D eigenvalue weighted by Crippen LogP contribution is -2.47. The number of amides is 2. The van der Waals surface area contributed by atoms with Crippen LogP contribution in [0.25, 0.3) is 0 Å². The zero-order chi connectivity index (χ0) is 20.2. The Kier molecular flexibility index (Phi) is 9.35. The largest absolute Gasteiger partial charge is 0.469 e. The zero-order valence-electron chi connectivity index (χ0n) is 15.5. The van der Waals surface area contributed by atoms with Gasteiger partial charge < -0.3 is 24.8 Å². The summed E-state index contributed by atoms with van der Waals surface area (Å²) in [6.07, 6.45) is -0.768. The summed E-state index contributed by atoms with van der Waals surface area (Å²) in [5.41, 5.74) is 0.805. The maximum Gasteiger partial charge on any atom is 0.407 e. The Labute approximate surface area is 157 Å². The third kappa shape index (κ3) is 8.21. The third-order valence-corrected chi connectivity index (χ3v) is 3.62. The van der Waals surface area contributed by atoms with Gasteiger partial charge >= 0.3 is 18.0 Å². The highest BCUT2D eigenvalue weighted by Crippen LogP contribution is 2.09. The van der Waals surface area contributed by atoms with E-state index in [0.717, 1.165) is 5.56 Å². The highest BCUT2D eigenvalue weighted by Gasteiger charge is 2.27. The molecule has 1 aromatic carbocycles. The molecule has 9 heteroatoms. The van der Waals surface area contributed by atoms with Gasteiger partial charge in [0.15, 0.2) is 0 Å². The minimum Gasteiger partial charge on any atom is -0.469 e. The molecule has 0 saturated heterocycles. The number of alkyl carbamates (subject to hydrolysis) is 1. The average molecular weight is 380 g/mol. The van der Waals surface area contributed by atoms with E-state index in [1.807, 2.05) is 18.2 Å². The number of esters is 2. The maximum absolute atomic E-state index is 12.0. The molecule has 0 bridgehead atoms. The number of benzene rings is 1. The summed E-state index contributed by atoms with van der Waals surface area (Å²) in [4.78, 5) is 46.9. The summed E-state index contributed by atoms with van der Waals surface area (Å²) in [7, 11) is 2.40. The number of methoxy groups -OCH3 is 2. The molecule has 0 unspecified atom stereocenters. The SMILES string of the molecule is COC(=O)[C@@H](C)C[C@@H](NC(=O)CNC(=O)OCc1ccccc1)C(=O)OC. The lowest BCUT2D eigenvalue weighted by Gasteiger charge is -2.19. The molecule has 2 atom stereocenters. The van der Waals surface area contributed by atoms with Crippen LogP contribution < -0.4 is 10.6 Å². The van der Waals surface area contributed by atoms with Gasteiger partial charge in [-0.3, -0.25) is 9.59 Å². The maximum atomic E-state index is 12.0. The first-order chi connectivity index (χ1) is 12.9. The minimum absolute atomic E-state index is 0.00351. The Morgan fingerprint density at radius 3 is 2.22 bits per heavy atom. The lowest BCUT2D eigenvalue weighted by molar-refractivity contribution is -0.148. The number of carbonyl (C=O) groups excluding carboxylic acids is 4. The van der Waals surface area contributed by atoms with Crippen LogP contribution >= 0.6 is 0 Å². The molecule has 0 aliphatic rings. The predicted molar refractivity (Wildman–Crippen MR) is 94.4 cm³/mol. The number of ether oxygens (including phenoxy) is 3. The van der Waals surface area contributed by atoms with Crippen LogP contribution in [0.2, 0.25) is 0 Å². The number of carbonyl (C=O) groups is 4. The van der Waals surface area contributed by atoms with E-state index in [0.29, 0.717) is 0 Å². The van der Waals surface area contributed by atoms with Crippen molar-refractivity contribution >= 4 is 23.9 Å². The molecule has 0 saturated carbocycles. The van der Waals surface area contributed by atoms with Gasteiger partial charge in [0.2, 0.25) is 5.91 Å². The van der Waals surface area contributed by atoms with Gasteiger partial charge in [-0.05, 0) is 12.0 Å². The van der Waals surface area contributed by atoms with Gasteiger partial charge in [-0.2, -0.15) is 0 Å². The van der Waals surface area contributed by atoms with Crippen LogP contribution in [-0.2, 0) is 35.2 Å². The van der Waals surface area contributed by atoms with Crippen LogP contribution in [0.15, 0.2) is 30.3 Å². The molecule has 9 nitrogen and oxygen atoms in total. The summed E-state index contributed by atoms with van der Waals surface area (Å²) in [5, 5.41) is 4.70. The topological polar surface area (TPSA) is 120 Å². The van der Waals surface area contributed by atoms with Gasteiger partial charge in [0, 0.05) is 0 Å². The van der Waals surface area contributed by atoms with Crippen molar-refractivity contribution in [1.82, 2.24) is 10.6 Å². The fourth-order valence-corrected chi connectivity index (χ4v) is 2.18. The highest BCUT2D eigenvalue weighted by molar-refractivity contribution is 5.87. The van der Waals surface area contributed by atoms with E-state index in [4.69, 9.17) is 4.74 Å². The van der Waals surface area contributed by atoms with E-state index in [1.165, 1.54) is 14.2 Å². The normalized spacial score (nSPS) is 12.3. The first-order valence-electron chi connectivity index (χ1n) is 8.27. The number of nitrogens with one attached hydrogen (secondary N) is 2. The van der Waals surface area contributed by atoms with Crippen molar-refractivity contribution in [2.45, 2.75) is 26.0 Å². The summed E-state index contributed by atoms with van der Waals surface area (Å²) in [5.74, 6) is -2.46. The smallest absolute Gasteiger partial charge is 0.407 e. The molecule has 0 aromatic heterocycles. The number of hydrogen-bond donors (Lipinski definition) is 2. The van der Waals surface area contributed by atoms with Gasteiger partial charge in [-0.1, -0.05) is 37.3 Å². The first kappa shape index (κ1) is 21.9. The second kappa shape index (κ2) is 11.5. The van der Waals surface area contributed by atoms with Crippen molar-refractivity contribution in [2.75, 3.05) is 20.8 Å². The molecular formula is C18H24N2O7. The van der Waals surface area contributed by atoms with Crippen LogP contribution in [0.3, 0.4) is 0 Å². The Morgan fingerprint density at radius 1 is 1.00 bits per heavy atom.